The Labute approximate surface area is 151 Å². The lowest BCUT2D eigenvalue weighted by Crippen LogP contribution is -2.22. The normalized spacial score (nSPS) is 11.5. The second kappa shape index (κ2) is 8.75. The summed E-state index contributed by atoms with van der Waals surface area (Å²) in [7, 11) is 0. The molecule has 26 heavy (non-hydrogen) atoms. The maximum absolute atomic E-state index is 12.1. The molecule has 0 aliphatic heterocycles. The van der Waals surface area contributed by atoms with Gasteiger partial charge in [-0.1, -0.05) is 44.2 Å². The van der Waals surface area contributed by atoms with Crippen molar-refractivity contribution in [2.75, 3.05) is 11.9 Å². The summed E-state index contributed by atoms with van der Waals surface area (Å²) in [6, 6.07) is 12.9. The minimum absolute atomic E-state index is 0.190. The van der Waals surface area contributed by atoms with Crippen molar-refractivity contribution in [1.82, 2.24) is 0 Å². The van der Waals surface area contributed by atoms with Gasteiger partial charge < -0.3 is 10.1 Å². The van der Waals surface area contributed by atoms with E-state index in [0.717, 1.165) is 12.0 Å². The third-order valence-electron chi connectivity index (χ3n) is 4.03. The highest BCUT2D eigenvalue weighted by molar-refractivity contribution is 5.97. The number of rotatable bonds is 7. The molecule has 0 bridgehead atoms. The summed E-state index contributed by atoms with van der Waals surface area (Å²) >= 11 is 0. The lowest BCUT2D eigenvalue weighted by Gasteiger charge is -2.15. The molecular formula is C19H20N2O5. The second-order valence-corrected chi connectivity index (χ2v) is 5.80. The van der Waals surface area contributed by atoms with Crippen LogP contribution in [-0.4, -0.2) is 23.4 Å². The summed E-state index contributed by atoms with van der Waals surface area (Å²) in [5.41, 5.74) is 1.10. The van der Waals surface area contributed by atoms with Crippen LogP contribution in [0.5, 0.6) is 0 Å². The monoisotopic (exact) mass is 356 g/mol. The van der Waals surface area contributed by atoms with E-state index in [9.17, 15) is 19.7 Å². The van der Waals surface area contributed by atoms with Crippen molar-refractivity contribution in [3.05, 3.63) is 69.8 Å². The van der Waals surface area contributed by atoms with Gasteiger partial charge in [-0.25, -0.2) is 4.79 Å². The molecule has 7 heteroatoms. The summed E-state index contributed by atoms with van der Waals surface area (Å²) < 4.78 is 4.92. The van der Waals surface area contributed by atoms with E-state index in [-0.39, 0.29) is 17.2 Å². The minimum Gasteiger partial charge on any atom is -0.452 e. The fourth-order valence-electron chi connectivity index (χ4n) is 2.46. The van der Waals surface area contributed by atoms with Crippen LogP contribution < -0.4 is 5.32 Å². The van der Waals surface area contributed by atoms with Crippen molar-refractivity contribution in [2.24, 2.45) is 0 Å². The molecular weight excluding hydrogens is 336 g/mol. The SMILES string of the molecule is CC[C@H](C)c1ccccc1NC(=O)COC(=O)c1ccccc1[N+](=O)[O-]. The van der Waals surface area contributed by atoms with Gasteiger partial charge in [0.15, 0.2) is 6.61 Å². The molecule has 1 N–H and O–H groups in total. The van der Waals surface area contributed by atoms with Crippen molar-refractivity contribution in [1.29, 1.82) is 0 Å². The van der Waals surface area contributed by atoms with Gasteiger partial charge in [-0.2, -0.15) is 0 Å². The van der Waals surface area contributed by atoms with Gasteiger partial charge in [0.05, 0.1) is 4.92 Å². The lowest BCUT2D eigenvalue weighted by molar-refractivity contribution is -0.385. The number of nitrogens with zero attached hydrogens (tertiary/aromatic N) is 1. The number of carbonyl (C=O) groups is 2. The molecule has 0 radical (unpaired) electrons. The van der Waals surface area contributed by atoms with Crippen molar-refractivity contribution in [2.45, 2.75) is 26.2 Å². The van der Waals surface area contributed by atoms with Crippen LogP contribution in [0.4, 0.5) is 11.4 Å². The quantitative estimate of drug-likeness (QED) is 0.461. The van der Waals surface area contributed by atoms with Crippen LogP contribution in [0.3, 0.4) is 0 Å². The van der Waals surface area contributed by atoms with Crippen molar-refractivity contribution < 1.29 is 19.2 Å². The van der Waals surface area contributed by atoms with Gasteiger partial charge in [-0.15, -0.1) is 0 Å². The summed E-state index contributed by atoms with van der Waals surface area (Å²) in [6.07, 6.45) is 0.916. The van der Waals surface area contributed by atoms with E-state index < -0.39 is 23.4 Å². The minimum atomic E-state index is -0.914. The Morgan fingerprint density at radius 1 is 1.15 bits per heavy atom. The van der Waals surface area contributed by atoms with Gasteiger partial charge >= 0.3 is 5.97 Å². The number of hydrogen-bond acceptors (Lipinski definition) is 5. The number of esters is 1. The maximum Gasteiger partial charge on any atom is 0.345 e. The average Bonchev–Trinajstić information content (AvgIpc) is 2.65. The molecule has 0 saturated carbocycles. The number of ether oxygens (including phenoxy) is 1. The summed E-state index contributed by atoms with van der Waals surface area (Å²) in [5, 5.41) is 13.7. The van der Waals surface area contributed by atoms with Crippen LogP contribution in [-0.2, 0) is 9.53 Å². The zero-order valence-corrected chi connectivity index (χ0v) is 14.6. The first kappa shape index (κ1) is 19.1. The Kier molecular flexibility index (Phi) is 6.43. The van der Waals surface area contributed by atoms with Crippen molar-refractivity contribution in [3.63, 3.8) is 0 Å². The molecule has 0 unspecified atom stereocenters. The molecule has 2 aromatic rings. The predicted molar refractivity (Wildman–Crippen MR) is 97.2 cm³/mol. The number of hydrogen-bond donors (Lipinski definition) is 1. The lowest BCUT2D eigenvalue weighted by atomic mass is 9.97. The van der Waals surface area contributed by atoms with Crippen LogP contribution in [0.1, 0.15) is 42.1 Å². The topological polar surface area (TPSA) is 98.5 Å². The van der Waals surface area contributed by atoms with Crippen LogP contribution in [0.15, 0.2) is 48.5 Å². The van der Waals surface area contributed by atoms with Gasteiger partial charge in [0, 0.05) is 11.8 Å². The Morgan fingerprint density at radius 3 is 2.50 bits per heavy atom. The molecule has 2 aromatic carbocycles. The average molecular weight is 356 g/mol. The molecule has 0 aliphatic carbocycles. The number of carbonyl (C=O) groups excluding carboxylic acids is 2. The Morgan fingerprint density at radius 2 is 1.81 bits per heavy atom. The van der Waals surface area contributed by atoms with Crippen LogP contribution in [0.2, 0.25) is 0 Å². The zero-order chi connectivity index (χ0) is 19.1. The van der Waals surface area contributed by atoms with E-state index >= 15 is 0 Å². The first-order chi connectivity index (χ1) is 12.4. The molecule has 0 spiro atoms. The number of benzene rings is 2. The highest BCUT2D eigenvalue weighted by Gasteiger charge is 2.21. The van der Waals surface area contributed by atoms with E-state index in [0.29, 0.717) is 5.69 Å². The molecule has 0 aliphatic rings. The third kappa shape index (κ3) is 4.66. The van der Waals surface area contributed by atoms with Gasteiger partial charge in [0.25, 0.3) is 11.6 Å². The number of anilines is 1. The van der Waals surface area contributed by atoms with E-state index in [1.807, 2.05) is 12.1 Å². The molecule has 0 fully saturated rings. The number of nitro groups is 1. The second-order valence-electron chi connectivity index (χ2n) is 5.80. The fraction of sp³-hybridized carbons (Fsp3) is 0.263. The third-order valence-corrected chi connectivity index (χ3v) is 4.03. The van der Waals surface area contributed by atoms with Crippen molar-refractivity contribution in [3.8, 4) is 0 Å². The predicted octanol–water partition coefficient (Wildman–Crippen LogP) is 3.90. The smallest absolute Gasteiger partial charge is 0.345 e. The van der Waals surface area contributed by atoms with E-state index in [1.54, 1.807) is 12.1 Å². The fourth-order valence-corrected chi connectivity index (χ4v) is 2.46. The molecule has 0 aromatic heterocycles. The Bertz CT molecular complexity index is 819. The van der Waals surface area contributed by atoms with Crippen LogP contribution >= 0.6 is 0 Å². The standard InChI is InChI=1S/C19H20N2O5/c1-3-13(2)14-8-4-6-10-16(14)20-18(22)12-26-19(23)15-9-5-7-11-17(15)21(24)25/h4-11,13H,3,12H2,1-2H3,(H,20,22)/t13-/m0/s1. The molecule has 1 atom stereocenters. The Hall–Kier alpha value is -3.22. The summed E-state index contributed by atoms with van der Waals surface area (Å²) in [5.74, 6) is -1.16. The molecule has 0 saturated heterocycles. The summed E-state index contributed by atoms with van der Waals surface area (Å²) in [4.78, 5) is 34.4. The highest BCUT2D eigenvalue weighted by Crippen LogP contribution is 2.26. The van der Waals surface area contributed by atoms with E-state index in [4.69, 9.17) is 4.74 Å². The van der Waals surface area contributed by atoms with E-state index in [2.05, 4.69) is 19.2 Å². The first-order valence-corrected chi connectivity index (χ1v) is 8.23. The van der Waals surface area contributed by atoms with Crippen LogP contribution in [0, 0.1) is 10.1 Å². The van der Waals surface area contributed by atoms with Crippen LogP contribution in [0.25, 0.3) is 0 Å². The van der Waals surface area contributed by atoms with Gasteiger partial charge in [0.2, 0.25) is 0 Å². The molecule has 7 nitrogen and oxygen atoms in total. The highest BCUT2D eigenvalue weighted by atomic mass is 16.6. The number of nitro benzene ring substituents is 1. The largest absolute Gasteiger partial charge is 0.452 e. The van der Waals surface area contributed by atoms with Crippen molar-refractivity contribution >= 4 is 23.3 Å². The van der Waals surface area contributed by atoms with Gasteiger partial charge in [-0.3, -0.25) is 14.9 Å². The molecule has 2 rings (SSSR count). The number of para-hydroxylation sites is 2. The Balaban J connectivity index is 2.02. The molecule has 136 valence electrons. The summed E-state index contributed by atoms with van der Waals surface area (Å²) in [6.45, 7) is 3.58. The zero-order valence-electron chi connectivity index (χ0n) is 14.6. The maximum atomic E-state index is 12.1. The van der Waals surface area contributed by atoms with Gasteiger partial charge in [-0.05, 0) is 30.0 Å². The molecule has 0 heterocycles. The van der Waals surface area contributed by atoms with E-state index in [1.165, 1.54) is 24.3 Å². The number of nitrogens with one attached hydrogen (secondary N) is 1. The number of amides is 1. The molecule has 1 amide bonds. The van der Waals surface area contributed by atoms with Gasteiger partial charge in [0.1, 0.15) is 5.56 Å². The first-order valence-electron chi connectivity index (χ1n) is 8.23.